The van der Waals surface area contributed by atoms with Gasteiger partial charge in [0.15, 0.2) is 0 Å². The summed E-state index contributed by atoms with van der Waals surface area (Å²) < 4.78 is 0. The van der Waals surface area contributed by atoms with Gasteiger partial charge in [-0.1, -0.05) is 6.08 Å². The Morgan fingerprint density at radius 1 is 1.70 bits per heavy atom. The topological polar surface area (TPSA) is 54.4 Å². The zero-order chi connectivity index (χ0) is 8.15. The normalized spacial score (nSPS) is 12.1. The fourth-order valence-electron chi connectivity index (χ4n) is 0.581. The zero-order valence-corrected chi connectivity index (χ0v) is 5.83. The number of carbonyl (C=O) groups excluding carboxylic acids is 1. The first-order chi connectivity index (χ1) is 4.57. The molecule has 0 saturated carbocycles. The number of Topliss-reactive ketones (excluding diaryl/α,β-unsaturated/α-hetero) is 1. The van der Waals surface area contributed by atoms with Crippen molar-refractivity contribution in [1.82, 2.24) is 0 Å². The molecule has 10 heavy (non-hydrogen) atoms. The van der Waals surface area contributed by atoms with E-state index in [2.05, 4.69) is 6.58 Å². The SMILES string of the molecule is C=CC(CC(C)=O)C(=O)O. The van der Waals surface area contributed by atoms with Crippen LogP contribution >= 0.6 is 0 Å². The van der Waals surface area contributed by atoms with Crippen molar-refractivity contribution in [3.8, 4) is 0 Å². The number of ketones is 1. The summed E-state index contributed by atoms with van der Waals surface area (Å²) in [6, 6.07) is 0. The monoisotopic (exact) mass is 142 g/mol. The number of hydrogen-bond donors (Lipinski definition) is 1. The molecule has 0 amide bonds. The molecular formula is C7H10O3. The van der Waals surface area contributed by atoms with Gasteiger partial charge >= 0.3 is 5.97 Å². The van der Waals surface area contributed by atoms with E-state index in [0.29, 0.717) is 0 Å². The molecule has 0 radical (unpaired) electrons. The van der Waals surface area contributed by atoms with Gasteiger partial charge in [0, 0.05) is 6.42 Å². The van der Waals surface area contributed by atoms with Crippen molar-refractivity contribution < 1.29 is 14.7 Å². The highest BCUT2D eigenvalue weighted by atomic mass is 16.4. The molecule has 1 atom stereocenters. The number of carbonyl (C=O) groups is 2. The Balaban J connectivity index is 3.96. The Morgan fingerprint density at radius 3 is 2.30 bits per heavy atom. The Hall–Kier alpha value is -1.12. The van der Waals surface area contributed by atoms with E-state index < -0.39 is 11.9 Å². The second-order valence-corrected chi connectivity index (χ2v) is 2.09. The molecule has 56 valence electrons. The standard InChI is InChI=1S/C7H10O3/c1-3-6(7(9)10)4-5(2)8/h3,6H,1,4H2,2H3,(H,9,10). The van der Waals surface area contributed by atoms with Crippen LogP contribution in [0.25, 0.3) is 0 Å². The fraction of sp³-hybridized carbons (Fsp3) is 0.429. The van der Waals surface area contributed by atoms with Crippen LogP contribution < -0.4 is 0 Å². The fourth-order valence-corrected chi connectivity index (χ4v) is 0.581. The lowest BCUT2D eigenvalue weighted by molar-refractivity contribution is -0.141. The average molecular weight is 142 g/mol. The highest BCUT2D eigenvalue weighted by Gasteiger charge is 2.14. The molecule has 0 spiro atoms. The van der Waals surface area contributed by atoms with Gasteiger partial charge in [-0.25, -0.2) is 0 Å². The minimum Gasteiger partial charge on any atom is -0.481 e. The largest absolute Gasteiger partial charge is 0.481 e. The first-order valence-corrected chi connectivity index (χ1v) is 2.92. The Bertz CT molecular complexity index is 160. The molecule has 0 aliphatic carbocycles. The minimum atomic E-state index is -0.995. The molecule has 0 bridgehead atoms. The van der Waals surface area contributed by atoms with Crippen LogP contribution in [-0.2, 0) is 9.59 Å². The van der Waals surface area contributed by atoms with Gasteiger partial charge in [0.05, 0.1) is 5.92 Å². The lowest BCUT2D eigenvalue weighted by Gasteiger charge is -2.01. The second-order valence-electron chi connectivity index (χ2n) is 2.09. The molecular weight excluding hydrogens is 132 g/mol. The van der Waals surface area contributed by atoms with E-state index in [4.69, 9.17) is 5.11 Å². The van der Waals surface area contributed by atoms with Crippen LogP contribution in [0, 0.1) is 5.92 Å². The summed E-state index contributed by atoms with van der Waals surface area (Å²) in [6.07, 6.45) is 1.31. The van der Waals surface area contributed by atoms with E-state index in [1.807, 2.05) is 0 Å². The first kappa shape index (κ1) is 8.88. The molecule has 0 aromatic carbocycles. The van der Waals surface area contributed by atoms with Gasteiger partial charge in [0.1, 0.15) is 5.78 Å². The number of carboxylic acids is 1. The lowest BCUT2D eigenvalue weighted by atomic mass is 10.0. The molecule has 0 saturated heterocycles. The van der Waals surface area contributed by atoms with Crippen molar-refractivity contribution in [1.29, 1.82) is 0 Å². The van der Waals surface area contributed by atoms with E-state index in [1.165, 1.54) is 13.0 Å². The number of hydrogen-bond acceptors (Lipinski definition) is 2. The Labute approximate surface area is 59.4 Å². The maximum Gasteiger partial charge on any atom is 0.310 e. The van der Waals surface area contributed by atoms with Crippen LogP contribution in [0.3, 0.4) is 0 Å². The molecule has 1 unspecified atom stereocenters. The third-order valence-corrected chi connectivity index (χ3v) is 1.11. The van der Waals surface area contributed by atoms with Crippen LogP contribution in [-0.4, -0.2) is 16.9 Å². The van der Waals surface area contributed by atoms with Crippen molar-refractivity contribution in [2.75, 3.05) is 0 Å². The van der Waals surface area contributed by atoms with E-state index in [9.17, 15) is 9.59 Å². The van der Waals surface area contributed by atoms with E-state index in [1.54, 1.807) is 0 Å². The second kappa shape index (κ2) is 3.82. The summed E-state index contributed by atoms with van der Waals surface area (Å²) in [5.41, 5.74) is 0. The molecule has 0 heterocycles. The quantitative estimate of drug-likeness (QED) is 0.592. The molecule has 3 heteroatoms. The van der Waals surface area contributed by atoms with Gasteiger partial charge in [0.2, 0.25) is 0 Å². The summed E-state index contributed by atoms with van der Waals surface area (Å²) in [5, 5.41) is 8.40. The lowest BCUT2D eigenvalue weighted by Crippen LogP contribution is -2.13. The zero-order valence-electron chi connectivity index (χ0n) is 5.83. The summed E-state index contributed by atoms with van der Waals surface area (Å²) in [4.78, 5) is 20.6. The third kappa shape index (κ3) is 3.02. The average Bonchev–Trinajstić information content (AvgIpc) is 1.81. The van der Waals surface area contributed by atoms with Crippen LogP contribution in [0.5, 0.6) is 0 Å². The minimum absolute atomic E-state index is 0.0405. The third-order valence-electron chi connectivity index (χ3n) is 1.11. The number of carboxylic acid groups (broad SMARTS) is 1. The maximum absolute atomic E-state index is 10.4. The molecule has 0 rings (SSSR count). The van der Waals surface area contributed by atoms with Crippen LogP contribution in [0.15, 0.2) is 12.7 Å². The molecule has 0 fully saturated rings. The van der Waals surface area contributed by atoms with E-state index in [-0.39, 0.29) is 12.2 Å². The van der Waals surface area contributed by atoms with Gasteiger partial charge in [-0.15, -0.1) is 6.58 Å². The highest BCUT2D eigenvalue weighted by molar-refractivity contribution is 5.83. The predicted octanol–water partition coefficient (Wildman–Crippen LogP) is 0.852. The number of aliphatic carboxylic acids is 1. The van der Waals surface area contributed by atoms with E-state index >= 15 is 0 Å². The highest BCUT2D eigenvalue weighted by Crippen LogP contribution is 2.04. The molecule has 0 aliphatic rings. The maximum atomic E-state index is 10.4. The van der Waals surface area contributed by atoms with Crippen LogP contribution in [0.4, 0.5) is 0 Å². The summed E-state index contributed by atoms with van der Waals surface area (Å²) in [5.74, 6) is -1.85. The van der Waals surface area contributed by atoms with Gasteiger partial charge in [-0.3, -0.25) is 9.59 Å². The van der Waals surface area contributed by atoms with Gasteiger partial charge < -0.3 is 5.11 Å². The van der Waals surface area contributed by atoms with Crippen molar-refractivity contribution in [3.05, 3.63) is 12.7 Å². The Morgan fingerprint density at radius 2 is 2.20 bits per heavy atom. The van der Waals surface area contributed by atoms with E-state index in [0.717, 1.165) is 0 Å². The molecule has 1 N–H and O–H groups in total. The van der Waals surface area contributed by atoms with Crippen LogP contribution in [0.1, 0.15) is 13.3 Å². The molecule has 0 aromatic rings. The summed E-state index contributed by atoms with van der Waals surface area (Å²) in [6.45, 7) is 4.66. The van der Waals surface area contributed by atoms with Crippen molar-refractivity contribution in [2.45, 2.75) is 13.3 Å². The van der Waals surface area contributed by atoms with Gasteiger partial charge in [-0.2, -0.15) is 0 Å². The Kier molecular flexibility index (Phi) is 3.39. The van der Waals surface area contributed by atoms with Crippen molar-refractivity contribution in [2.24, 2.45) is 5.92 Å². The summed E-state index contributed by atoms with van der Waals surface area (Å²) in [7, 11) is 0. The van der Waals surface area contributed by atoms with Crippen LogP contribution in [0.2, 0.25) is 0 Å². The van der Waals surface area contributed by atoms with Crippen molar-refractivity contribution >= 4 is 11.8 Å². The molecule has 0 aliphatic heterocycles. The first-order valence-electron chi connectivity index (χ1n) is 2.92. The smallest absolute Gasteiger partial charge is 0.310 e. The molecule has 3 nitrogen and oxygen atoms in total. The molecule has 0 aromatic heterocycles. The van der Waals surface area contributed by atoms with Gasteiger partial charge in [0.25, 0.3) is 0 Å². The predicted molar refractivity (Wildman–Crippen MR) is 36.6 cm³/mol. The van der Waals surface area contributed by atoms with Crippen molar-refractivity contribution in [3.63, 3.8) is 0 Å². The summed E-state index contributed by atoms with van der Waals surface area (Å²) >= 11 is 0. The number of rotatable bonds is 4. The van der Waals surface area contributed by atoms with Gasteiger partial charge in [-0.05, 0) is 6.92 Å².